The van der Waals surface area contributed by atoms with Crippen molar-refractivity contribution in [2.45, 2.75) is 37.7 Å². The van der Waals surface area contributed by atoms with Crippen molar-refractivity contribution in [2.75, 3.05) is 5.73 Å². The van der Waals surface area contributed by atoms with Gasteiger partial charge in [-0.3, -0.25) is 4.57 Å². The maximum Gasteiger partial charge on any atom is 0.174 e. The van der Waals surface area contributed by atoms with Crippen LogP contribution in [0.4, 0.5) is 10.1 Å². The van der Waals surface area contributed by atoms with Crippen LogP contribution in [0.15, 0.2) is 24.8 Å². The topological polar surface area (TPSA) is 77.0 Å². The van der Waals surface area contributed by atoms with Crippen LogP contribution >= 0.6 is 0 Å². The van der Waals surface area contributed by atoms with Gasteiger partial charge in [0.05, 0.1) is 17.6 Å². The van der Waals surface area contributed by atoms with Crippen molar-refractivity contribution in [3.63, 3.8) is 0 Å². The Kier molecular flexibility index (Phi) is 3.17. The largest absolute Gasteiger partial charge is 0.397 e. The molecule has 0 unspecified atom stereocenters. The standard InChI is InChI=1S/C14H17FN4O/c15-11-6-10(16)7-17-13(11)19-8-12(18-9-19)14(20)4-2-1-3-5-14/h6-9,20H,1-5,16H2. The van der Waals surface area contributed by atoms with E-state index in [1.165, 1.54) is 23.2 Å². The molecule has 0 aliphatic heterocycles. The Labute approximate surface area is 116 Å². The molecule has 0 amide bonds. The average molecular weight is 276 g/mol. The fraction of sp³-hybridized carbons (Fsp3) is 0.429. The summed E-state index contributed by atoms with van der Waals surface area (Å²) in [7, 11) is 0. The van der Waals surface area contributed by atoms with Gasteiger partial charge in [-0.15, -0.1) is 0 Å². The van der Waals surface area contributed by atoms with Crippen LogP contribution in [0, 0.1) is 5.82 Å². The molecule has 0 radical (unpaired) electrons. The maximum atomic E-state index is 13.8. The number of nitrogen functional groups attached to an aromatic ring is 1. The lowest BCUT2D eigenvalue weighted by atomic mass is 9.83. The van der Waals surface area contributed by atoms with Gasteiger partial charge in [0.25, 0.3) is 0 Å². The minimum absolute atomic E-state index is 0.136. The van der Waals surface area contributed by atoms with E-state index in [1.54, 1.807) is 6.20 Å². The van der Waals surface area contributed by atoms with E-state index < -0.39 is 11.4 Å². The number of aromatic nitrogens is 3. The van der Waals surface area contributed by atoms with Gasteiger partial charge >= 0.3 is 0 Å². The van der Waals surface area contributed by atoms with Crippen molar-refractivity contribution in [3.05, 3.63) is 36.3 Å². The van der Waals surface area contributed by atoms with E-state index in [4.69, 9.17) is 5.73 Å². The first-order valence-corrected chi connectivity index (χ1v) is 6.77. The number of hydrogen-bond donors (Lipinski definition) is 2. The van der Waals surface area contributed by atoms with Crippen LogP contribution in [0.3, 0.4) is 0 Å². The smallest absolute Gasteiger partial charge is 0.174 e. The van der Waals surface area contributed by atoms with Crippen LogP contribution < -0.4 is 5.73 Å². The van der Waals surface area contributed by atoms with Gasteiger partial charge in [0.1, 0.15) is 11.9 Å². The number of nitrogens with zero attached hydrogens (tertiary/aromatic N) is 3. The summed E-state index contributed by atoms with van der Waals surface area (Å²) in [5.41, 5.74) is 5.44. The monoisotopic (exact) mass is 276 g/mol. The van der Waals surface area contributed by atoms with E-state index in [1.807, 2.05) is 0 Å². The van der Waals surface area contributed by atoms with Crippen LogP contribution in [0.5, 0.6) is 0 Å². The van der Waals surface area contributed by atoms with Gasteiger partial charge in [0.15, 0.2) is 11.6 Å². The van der Waals surface area contributed by atoms with Gasteiger partial charge in [0, 0.05) is 12.3 Å². The first-order valence-electron chi connectivity index (χ1n) is 6.77. The van der Waals surface area contributed by atoms with Crippen LogP contribution in [0.1, 0.15) is 37.8 Å². The normalized spacial score (nSPS) is 18.1. The number of pyridine rings is 1. The van der Waals surface area contributed by atoms with Crippen LogP contribution in [-0.4, -0.2) is 19.6 Å². The van der Waals surface area contributed by atoms with Crippen molar-refractivity contribution in [3.8, 4) is 5.82 Å². The van der Waals surface area contributed by atoms with Crippen molar-refractivity contribution >= 4 is 5.69 Å². The van der Waals surface area contributed by atoms with Crippen molar-refractivity contribution < 1.29 is 9.50 Å². The molecule has 1 aliphatic rings. The molecule has 2 aromatic rings. The number of imidazole rings is 1. The number of rotatable bonds is 2. The van der Waals surface area contributed by atoms with Crippen LogP contribution in [0.2, 0.25) is 0 Å². The zero-order valence-corrected chi connectivity index (χ0v) is 11.1. The first kappa shape index (κ1) is 13.1. The summed E-state index contributed by atoms with van der Waals surface area (Å²) in [5.74, 6) is -0.373. The molecule has 6 heteroatoms. The fourth-order valence-electron chi connectivity index (χ4n) is 2.71. The number of nitrogens with two attached hydrogens (primary N) is 1. The number of aliphatic hydroxyl groups is 1. The van der Waals surface area contributed by atoms with Crippen molar-refractivity contribution in [1.29, 1.82) is 0 Å². The summed E-state index contributed by atoms with van der Waals surface area (Å²) in [6, 6.07) is 1.22. The van der Waals surface area contributed by atoms with Crippen molar-refractivity contribution in [2.24, 2.45) is 0 Å². The minimum atomic E-state index is -0.895. The third-order valence-corrected chi connectivity index (χ3v) is 3.83. The molecule has 106 valence electrons. The highest BCUT2D eigenvalue weighted by atomic mass is 19.1. The first-order chi connectivity index (χ1) is 9.58. The van der Waals surface area contributed by atoms with E-state index in [2.05, 4.69) is 9.97 Å². The fourth-order valence-corrected chi connectivity index (χ4v) is 2.71. The molecule has 3 rings (SSSR count). The molecule has 5 nitrogen and oxygen atoms in total. The second-order valence-electron chi connectivity index (χ2n) is 5.33. The van der Waals surface area contributed by atoms with Crippen molar-refractivity contribution in [1.82, 2.24) is 14.5 Å². The van der Waals surface area contributed by atoms with E-state index >= 15 is 0 Å². The third-order valence-electron chi connectivity index (χ3n) is 3.83. The summed E-state index contributed by atoms with van der Waals surface area (Å²) in [4.78, 5) is 8.20. The zero-order chi connectivity index (χ0) is 14.2. The average Bonchev–Trinajstić information content (AvgIpc) is 2.90. The quantitative estimate of drug-likeness (QED) is 0.881. The van der Waals surface area contributed by atoms with Gasteiger partial charge < -0.3 is 10.8 Å². The Morgan fingerprint density at radius 2 is 2.00 bits per heavy atom. The van der Waals surface area contributed by atoms with Gasteiger partial charge in [-0.25, -0.2) is 14.4 Å². The molecule has 1 fully saturated rings. The highest BCUT2D eigenvalue weighted by Crippen LogP contribution is 2.36. The Morgan fingerprint density at radius 3 is 2.70 bits per heavy atom. The molecule has 2 aromatic heterocycles. The highest BCUT2D eigenvalue weighted by Gasteiger charge is 2.33. The summed E-state index contributed by atoms with van der Waals surface area (Å²) in [6.07, 6.45) is 9.01. The molecular weight excluding hydrogens is 259 g/mol. The minimum Gasteiger partial charge on any atom is -0.397 e. The van der Waals surface area contributed by atoms with Crippen LogP contribution in [0.25, 0.3) is 5.82 Å². The molecular formula is C14H17FN4O. The van der Waals surface area contributed by atoms with Gasteiger partial charge in [-0.2, -0.15) is 0 Å². The summed E-state index contributed by atoms with van der Waals surface area (Å²) >= 11 is 0. The summed E-state index contributed by atoms with van der Waals surface area (Å²) < 4.78 is 15.3. The van der Waals surface area contributed by atoms with E-state index in [9.17, 15) is 9.50 Å². The highest BCUT2D eigenvalue weighted by molar-refractivity contribution is 5.40. The SMILES string of the molecule is Nc1cnc(-n2cnc(C3(O)CCCCC3)c2)c(F)c1. The Balaban J connectivity index is 1.93. The summed E-state index contributed by atoms with van der Waals surface area (Å²) in [6.45, 7) is 0. The molecule has 1 aliphatic carbocycles. The number of hydrogen-bond acceptors (Lipinski definition) is 4. The molecule has 2 heterocycles. The lowest BCUT2D eigenvalue weighted by molar-refractivity contribution is -0.00432. The predicted octanol–water partition coefficient (Wildman–Crippen LogP) is 2.14. The predicted molar refractivity (Wildman–Crippen MR) is 72.7 cm³/mol. The Hall–Kier alpha value is -1.95. The van der Waals surface area contributed by atoms with Gasteiger partial charge in [-0.1, -0.05) is 19.3 Å². The molecule has 1 saturated carbocycles. The van der Waals surface area contributed by atoms with Crippen LogP contribution in [-0.2, 0) is 5.60 Å². The lowest BCUT2D eigenvalue weighted by Gasteiger charge is -2.30. The number of halogens is 1. The zero-order valence-electron chi connectivity index (χ0n) is 11.1. The lowest BCUT2D eigenvalue weighted by Crippen LogP contribution is -2.28. The molecule has 0 saturated heterocycles. The molecule has 0 bridgehead atoms. The van der Waals surface area contributed by atoms with Gasteiger partial charge in [-0.05, 0) is 12.8 Å². The molecule has 20 heavy (non-hydrogen) atoms. The van der Waals surface area contributed by atoms with Gasteiger partial charge in [0.2, 0.25) is 0 Å². The number of anilines is 1. The molecule has 3 N–H and O–H groups in total. The Bertz CT molecular complexity index is 619. The maximum absolute atomic E-state index is 13.8. The third kappa shape index (κ3) is 2.27. The van der Waals surface area contributed by atoms with E-state index in [-0.39, 0.29) is 11.5 Å². The Morgan fingerprint density at radius 1 is 1.25 bits per heavy atom. The summed E-state index contributed by atoms with van der Waals surface area (Å²) in [5, 5.41) is 10.6. The van der Waals surface area contributed by atoms with E-state index in [0.29, 0.717) is 18.5 Å². The molecule has 0 atom stereocenters. The molecule has 0 spiro atoms. The molecule has 0 aromatic carbocycles. The second kappa shape index (κ2) is 4.86. The van der Waals surface area contributed by atoms with E-state index in [0.717, 1.165) is 19.3 Å². The second-order valence-corrected chi connectivity index (χ2v) is 5.33.